The van der Waals surface area contributed by atoms with E-state index in [9.17, 15) is 5.11 Å². The van der Waals surface area contributed by atoms with E-state index < -0.39 is 0 Å². The van der Waals surface area contributed by atoms with Crippen LogP contribution in [0.5, 0.6) is 5.75 Å². The topological polar surface area (TPSA) is 105 Å². The highest BCUT2D eigenvalue weighted by Gasteiger charge is 2.20. The smallest absolute Gasteiger partial charge is 0.155 e. The van der Waals surface area contributed by atoms with Gasteiger partial charge < -0.3 is 15.9 Å². The lowest BCUT2D eigenvalue weighted by Crippen LogP contribution is -2.09. The summed E-state index contributed by atoms with van der Waals surface area (Å²) < 4.78 is 0. The minimum absolute atomic E-state index is 0.0359. The van der Waals surface area contributed by atoms with Gasteiger partial charge in [0.2, 0.25) is 0 Å². The van der Waals surface area contributed by atoms with E-state index in [4.69, 9.17) is 10.8 Å². The minimum Gasteiger partial charge on any atom is -0.507 e. The molecular formula is C22H26N4O2. The Morgan fingerprint density at radius 1 is 0.929 bits per heavy atom. The molecule has 0 bridgehead atoms. The third-order valence-electron chi connectivity index (χ3n) is 5.69. The number of aryl methyl sites for hydroxylation is 1. The Balaban J connectivity index is 0.000000233. The standard InChI is InChI=1S/C16H14N4O.C6H12O/c17-16-13-8-18-7-6-11(13)14(19-20-16)12-5-4-9-2-1-3-10(9)15(12)21;7-6-4-2-1-3-5-6/h4-8,21H,1-3H2,(H2,17,20);6-7H,1-5H2. The molecule has 0 unspecified atom stereocenters. The van der Waals surface area contributed by atoms with E-state index in [1.807, 2.05) is 12.1 Å². The van der Waals surface area contributed by atoms with E-state index in [1.54, 1.807) is 12.4 Å². The molecule has 1 fully saturated rings. The number of fused-ring (bicyclic) bond motifs is 2. The molecule has 2 aromatic heterocycles. The van der Waals surface area contributed by atoms with Crippen LogP contribution in [0.2, 0.25) is 0 Å². The summed E-state index contributed by atoms with van der Waals surface area (Å²) >= 11 is 0. The fourth-order valence-electron chi connectivity index (χ4n) is 4.13. The average Bonchev–Trinajstić information content (AvgIpc) is 3.20. The maximum Gasteiger partial charge on any atom is 0.155 e. The Morgan fingerprint density at radius 3 is 2.50 bits per heavy atom. The van der Waals surface area contributed by atoms with Crippen molar-refractivity contribution in [2.75, 3.05) is 5.73 Å². The number of aromatic hydroxyl groups is 1. The number of nitrogens with zero attached hydrogens (tertiary/aromatic N) is 3. The lowest BCUT2D eigenvalue weighted by atomic mass is 9.98. The normalized spacial score (nSPS) is 16.5. The van der Waals surface area contributed by atoms with Crippen molar-refractivity contribution in [2.45, 2.75) is 57.5 Å². The van der Waals surface area contributed by atoms with Crippen LogP contribution in [0.25, 0.3) is 22.0 Å². The Hall–Kier alpha value is -2.73. The number of nitrogen functional groups attached to an aromatic ring is 1. The number of benzene rings is 1. The van der Waals surface area contributed by atoms with Crippen LogP contribution in [0, 0.1) is 0 Å². The summed E-state index contributed by atoms with van der Waals surface area (Å²) in [6.07, 6.45) is 12.3. The SMILES string of the molecule is Nc1nnc(-c2ccc3c(c2O)CCC3)c2ccncc12.OC1CCCCC1. The van der Waals surface area contributed by atoms with Crippen LogP contribution in [-0.2, 0) is 12.8 Å². The van der Waals surface area contributed by atoms with Crippen LogP contribution < -0.4 is 5.73 Å². The van der Waals surface area contributed by atoms with E-state index in [0.29, 0.717) is 22.8 Å². The number of aliphatic hydroxyl groups is 1. The molecule has 5 rings (SSSR count). The first-order valence-corrected chi connectivity index (χ1v) is 10.0. The van der Waals surface area contributed by atoms with Gasteiger partial charge in [-0.05, 0) is 55.4 Å². The number of rotatable bonds is 1. The number of anilines is 1. The average molecular weight is 378 g/mol. The zero-order valence-corrected chi connectivity index (χ0v) is 15.9. The van der Waals surface area contributed by atoms with E-state index in [1.165, 1.54) is 24.8 Å². The van der Waals surface area contributed by atoms with Crippen molar-refractivity contribution in [3.63, 3.8) is 0 Å². The maximum atomic E-state index is 10.6. The predicted octanol–water partition coefficient (Wildman–Crippen LogP) is 3.78. The monoisotopic (exact) mass is 378 g/mol. The number of phenolic OH excluding ortho intramolecular Hbond substituents is 1. The molecule has 28 heavy (non-hydrogen) atoms. The number of aliphatic hydroxyl groups excluding tert-OH is 1. The van der Waals surface area contributed by atoms with Gasteiger partial charge in [-0.3, -0.25) is 4.98 Å². The summed E-state index contributed by atoms with van der Waals surface area (Å²) in [5, 5.41) is 29.3. The largest absolute Gasteiger partial charge is 0.507 e. The molecule has 0 radical (unpaired) electrons. The quantitative estimate of drug-likeness (QED) is 0.595. The van der Waals surface area contributed by atoms with Gasteiger partial charge in [-0.25, -0.2) is 0 Å². The fraction of sp³-hybridized carbons (Fsp3) is 0.409. The van der Waals surface area contributed by atoms with Crippen molar-refractivity contribution < 1.29 is 10.2 Å². The van der Waals surface area contributed by atoms with Gasteiger partial charge in [0.1, 0.15) is 11.4 Å². The first-order chi connectivity index (χ1) is 13.6. The molecule has 1 saturated carbocycles. The third kappa shape index (κ3) is 3.64. The highest BCUT2D eigenvalue weighted by Crippen LogP contribution is 2.39. The number of phenols is 1. The molecule has 146 valence electrons. The van der Waals surface area contributed by atoms with Crippen LogP contribution in [0.1, 0.15) is 49.7 Å². The van der Waals surface area contributed by atoms with Gasteiger partial charge in [0, 0.05) is 28.7 Å². The van der Waals surface area contributed by atoms with E-state index in [-0.39, 0.29) is 6.10 Å². The number of aromatic nitrogens is 3. The predicted molar refractivity (Wildman–Crippen MR) is 110 cm³/mol. The zero-order chi connectivity index (χ0) is 19.5. The molecule has 6 heteroatoms. The number of nitrogens with two attached hydrogens (primary N) is 1. The Kier molecular flexibility index (Phi) is 5.39. The Bertz CT molecular complexity index is 984. The second-order valence-electron chi connectivity index (χ2n) is 7.60. The molecule has 3 aromatic rings. The van der Waals surface area contributed by atoms with Gasteiger partial charge in [0.05, 0.1) is 6.10 Å². The van der Waals surface area contributed by atoms with Crippen molar-refractivity contribution >= 4 is 16.6 Å². The highest BCUT2D eigenvalue weighted by molar-refractivity contribution is 5.99. The third-order valence-corrected chi connectivity index (χ3v) is 5.69. The lowest BCUT2D eigenvalue weighted by molar-refractivity contribution is 0.130. The lowest BCUT2D eigenvalue weighted by Gasteiger charge is -2.14. The van der Waals surface area contributed by atoms with Crippen molar-refractivity contribution in [3.05, 3.63) is 41.7 Å². The van der Waals surface area contributed by atoms with Crippen molar-refractivity contribution in [3.8, 4) is 17.0 Å². The van der Waals surface area contributed by atoms with E-state index in [2.05, 4.69) is 21.2 Å². The molecular weight excluding hydrogens is 352 g/mol. The molecule has 1 aromatic carbocycles. The second-order valence-corrected chi connectivity index (χ2v) is 7.60. The van der Waals surface area contributed by atoms with Crippen molar-refractivity contribution in [1.82, 2.24) is 15.2 Å². The fourth-order valence-corrected chi connectivity index (χ4v) is 4.13. The second kappa shape index (κ2) is 8.10. The van der Waals surface area contributed by atoms with Gasteiger partial charge in [-0.1, -0.05) is 25.3 Å². The first-order valence-electron chi connectivity index (χ1n) is 10.0. The molecule has 0 amide bonds. The molecule has 0 atom stereocenters. The molecule has 4 N–H and O–H groups in total. The van der Waals surface area contributed by atoms with Crippen LogP contribution >= 0.6 is 0 Å². The molecule has 0 saturated heterocycles. The minimum atomic E-state index is 0.0359. The van der Waals surface area contributed by atoms with Crippen molar-refractivity contribution in [2.24, 2.45) is 0 Å². The maximum absolute atomic E-state index is 10.6. The summed E-state index contributed by atoms with van der Waals surface area (Å²) in [7, 11) is 0. The van der Waals surface area contributed by atoms with Gasteiger partial charge >= 0.3 is 0 Å². The van der Waals surface area contributed by atoms with E-state index in [0.717, 1.165) is 48.4 Å². The Labute approximate surface area is 164 Å². The molecule has 2 aliphatic carbocycles. The van der Waals surface area contributed by atoms with E-state index >= 15 is 0 Å². The number of hydrogen-bond donors (Lipinski definition) is 3. The first kappa shape index (κ1) is 18.6. The molecule has 6 nitrogen and oxygen atoms in total. The summed E-state index contributed by atoms with van der Waals surface area (Å²) in [4.78, 5) is 4.08. The molecule has 2 aliphatic rings. The van der Waals surface area contributed by atoms with Crippen LogP contribution in [0.4, 0.5) is 5.82 Å². The molecule has 2 heterocycles. The summed E-state index contributed by atoms with van der Waals surface area (Å²) in [5.41, 5.74) is 9.47. The van der Waals surface area contributed by atoms with Gasteiger partial charge in [0.15, 0.2) is 5.82 Å². The summed E-state index contributed by atoms with van der Waals surface area (Å²) in [6, 6.07) is 5.84. The van der Waals surface area contributed by atoms with Crippen LogP contribution in [0.15, 0.2) is 30.6 Å². The molecule has 0 aliphatic heterocycles. The number of hydrogen-bond acceptors (Lipinski definition) is 6. The highest BCUT2D eigenvalue weighted by atomic mass is 16.3. The molecule has 0 spiro atoms. The Morgan fingerprint density at radius 2 is 1.75 bits per heavy atom. The summed E-state index contributed by atoms with van der Waals surface area (Å²) in [6.45, 7) is 0. The van der Waals surface area contributed by atoms with Crippen LogP contribution in [-0.4, -0.2) is 31.5 Å². The number of pyridine rings is 1. The zero-order valence-electron chi connectivity index (χ0n) is 15.9. The van der Waals surface area contributed by atoms with Crippen LogP contribution in [0.3, 0.4) is 0 Å². The van der Waals surface area contributed by atoms with Gasteiger partial charge in [-0.15, -0.1) is 10.2 Å². The summed E-state index contributed by atoms with van der Waals surface area (Å²) in [5.74, 6) is 0.671. The van der Waals surface area contributed by atoms with Gasteiger partial charge in [-0.2, -0.15) is 0 Å². The van der Waals surface area contributed by atoms with Gasteiger partial charge in [0.25, 0.3) is 0 Å². The van der Waals surface area contributed by atoms with Crippen molar-refractivity contribution in [1.29, 1.82) is 0 Å².